The Balaban J connectivity index is 2.00. The van der Waals surface area contributed by atoms with E-state index in [4.69, 9.17) is 4.74 Å². The van der Waals surface area contributed by atoms with Crippen molar-refractivity contribution >= 4 is 20.7 Å². The average molecular weight is 329 g/mol. The maximum atomic E-state index is 5.15. The van der Waals surface area contributed by atoms with Crippen molar-refractivity contribution in [2.45, 2.75) is 0 Å². The summed E-state index contributed by atoms with van der Waals surface area (Å²) in [7, 11) is 1.65. The van der Waals surface area contributed by atoms with Crippen LogP contribution in [0.5, 0.6) is 5.75 Å². The molecule has 0 saturated heterocycles. The molecule has 0 aliphatic rings. The van der Waals surface area contributed by atoms with Gasteiger partial charge in [-0.25, -0.2) is 0 Å². The van der Waals surface area contributed by atoms with Gasteiger partial charge in [-0.2, -0.15) is 0 Å². The normalized spacial score (nSPS) is 10.4. The molecule has 0 amide bonds. The van der Waals surface area contributed by atoms with Crippen molar-refractivity contribution < 1.29 is 4.74 Å². The number of benzene rings is 2. The summed E-state index contributed by atoms with van der Waals surface area (Å²) in [5.41, 5.74) is 1.94. The van der Waals surface area contributed by atoms with Crippen LogP contribution in [0.25, 0.3) is 17.1 Å². The second-order valence-corrected chi connectivity index (χ2v) is 4.96. The molecule has 0 bridgehead atoms. The van der Waals surface area contributed by atoms with Crippen LogP contribution in [0.3, 0.4) is 0 Å². The molecule has 4 nitrogen and oxygen atoms in total. The molecule has 0 spiro atoms. The molecule has 0 aliphatic heterocycles. The van der Waals surface area contributed by atoms with Crippen molar-refractivity contribution in [3.8, 4) is 22.8 Å². The van der Waals surface area contributed by atoms with Crippen LogP contribution in [0.2, 0.25) is 0 Å². The SMILES string of the molecule is COc1ccc(-c2nc([Se])n(-c3ccccc3)n2)cc1. The van der Waals surface area contributed by atoms with Crippen molar-refractivity contribution in [2.75, 3.05) is 7.11 Å². The molecule has 99 valence electrons. The summed E-state index contributed by atoms with van der Waals surface area (Å²) in [6.07, 6.45) is 0. The number of methoxy groups -OCH3 is 1. The number of ether oxygens (including phenoxy) is 1. The molecule has 0 saturated carbocycles. The van der Waals surface area contributed by atoms with E-state index in [0.29, 0.717) is 5.82 Å². The topological polar surface area (TPSA) is 39.9 Å². The van der Waals surface area contributed by atoms with Crippen LogP contribution < -0.4 is 9.46 Å². The Morgan fingerprint density at radius 3 is 2.35 bits per heavy atom. The van der Waals surface area contributed by atoms with Gasteiger partial charge >= 0.3 is 125 Å². The van der Waals surface area contributed by atoms with Gasteiger partial charge in [-0.3, -0.25) is 0 Å². The molecule has 5 heteroatoms. The second-order valence-electron chi connectivity index (χ2n) is 4.19. The zero-order chi connectivity index (χ0) is 13.9. The minimum absolute atomic E-state index is 0.685. The van der Waals surface area contributed by atoms with Gasteiger partial charge in [-0.05, 0) is 0 Å². The van der Waals surface area contributed by atoms with Crippen molar-refractivity contribution in [3.05, 3.63) is 54.6 Å². The van der Waals surface area contributed by atoms with Crippen molar-refractivity contribution in [1.29, 1.82) is 0 Å². The van der Waals surface area contributed by atoms with E-state index in [1.807, 2.05) is 54.6 Å². The first-order valence-electron chi connectivity index (χ1n) is 6.12. The van der Waals surface area contributed by atoms with Gasteiger partial charge in [0.1, 0.15) is 0 Å². The van der Waals surface area contributed by atoms with Crippen LogP contribution >= 0.6 is 0 Å². The molecule has 0 atom stereocenters. The molecule has 1 radical (unpaired) electrons. The van der Waals surface area contributed by atoms with E-state index in [0.717, 1.165) is 21.7 Å². The third-order valence-corrected chi connectivity index (χ3v) is 3.48. The molecular weight excluding hydrogens is 317 g/mol. The van der Waals surface area contributed by atoms with Gasteiger partial charge in [-0.1, -0.05) is 0 Å². The van der Waals surface area contributed by atoms with Crippen LogP contribution in [-0.4, -0.2) is 37.9 Å². The molecule has 0 fully saturated rings. The summed E-state index contributed by atoms with van der Waals surface area (Å²) in [5, 5.41) is 4.54. The number of para-hydroxylation sites is 1. The molecule has 0 unspecified atom stereocenters. The Kier molecular flexibility index (Phi) is 3.54. The van der Waals surface area contributed by atoms with Gasteiger partial charge in [0.05, 0.1) is 0 Å². The molecule has 1 heterocycles. The fraction of sp³-hybridized carbons (Fsp3) is 0.0667. The Hall–Kier alpha value is -2.10. The first-order chi connectivity index (χ1) is 9.78. The molecule has 3 rings (SSSR count). The molecule has 0 N–H and O–H groups in total. The first kappa shape index (κ1) is 12.9. The quantitative estimate of drug-likeness (QED) is 0.687. The van der Waals surface area contributed by atoms with E-state index in [1.54, 1.807) is 11.8 Å². The first-order valence-corrected chi connectivity index (χ1v) is 6.97. The number of hydrogen-bond donors (Lipinski definition) is 0. The summed E-state index contributed by atoms with van der Waals surface area (Å²) < 4.78 is 7.68. The molecule has 3 aromatic rings. The fourth-order valence-electron chi connectivity index (χ4n) is 1.90. The monoisotopic (exact) mass is 330 g/mol. The summed E-state index contributed by atoms with van der Waals surface area (Å²) in [6, 6.07) is 17.6. The summed E-state index contributed by atoms with van der Waals surface area (Å²) in [4.78, 5) is 4.47. The van der Waals surface area contributed by atoms with E-state index in [9.17, 15) is 0 Å². The maximum absolute atomic E-state index is 5.15. The molecule has 1 aromatic heterocycles. The summed E-state index contributed by atoms with van der Waals surface area (Å²) >= 11 is 2.95. The van der Waals surface area contributed by atoms with Crippen molar-refractivity contribution in [3.63, 3.8) is 0 Å². The van der Waals surface area contributed by atoms with E-state index < -0.39 is 0 Å². The van der Waals surface area contributed by atoms with Crippen molar-refractivity contribution in [2.24, 2.45) is 0 Å². The summed E-state index contributed by atoms with van der Waals surface area (Å²) in [6.45, 7) is 0. The van der Waals surface area contributed by atoms with Gasteiger partial charge in [0.15, 0.2) is 0 Å². The minimum atomic E-state index is 0.685. The van der Waals surface area contributed by atoms with E-state index in [1.165, 1.54) is 0 Å². The number of nitrogens with zero attached hydrogens (tertiary/aromatic N) is 3. The predicted molar refractivity (Wildman–Crippen MR) is 78.7 cm³/mol. The van der Waals surface area contributed by atoms with Gasteiger partial charge in [0, 0.05) is 0 Å². The average Bonchev–Trinajstić information content (AvgIpc) is 2.90. The summed E-state index contributed by atoms with van der Waals surface area (Å²) in [5.74, 6) is 1.50. The van der Waals surface area contributed by atoms with Gasteiger partial charge in [0.25, 0.3) is 0 Å². The fourth-order valence-corrected chi connectivity index (χ4v) is 2.39. The molecular formula is C15H12N3OSe. The number of rotatable bonds is 3. The molecule has 0 aliphatic carbocycles. The van der Waals surface area contributed by atoms with E-state index in [2.05, 4.69) is 26.1 Å². The van der Waals surface area contributed by atoms with Crippen LogP contribution in [0.1, 0.15) is 0 Å². The van der Waals surface area contributed by atoms with Gasteiger partial charge in [-0.15, -0.1) is 0 Å². The Morgan fingerprint density at radius 1 is 1.00 bits per heavy atom. The van der Waals surface area contributed by atoms with Crippen LogP contribution in [-0.2, 0) is 0 Å². The van der Waals surface area contributed by atoms with Crippen molar-refractivity contribution in [1.82, 2.24) is 14.8 Å². The Labute approximate surface area is 125 Å². The third kappa shape index (κ3) is 2.46. The molecule has 2 aromatic carbocycles. The molecule has 20 heavy (non-hydrogen) atoms. The van der Waals surface area contributed by atoms with E-state index >= 15 is 0 Å². The predicted octanol–water partition coefficient (Wildman–Crippen LogP) is 1.74. The van der Waals surface area contributed by atoms with E-state index in [-0.39, 0.29) is 0 Å². The second kappa shape index (κ2) is 5.49. The standard InChI is InChI=1S/C15H12N3OSe/c1-19-13-9-7-11(8-10-13)14-16-15(20)18(17-14)12-5-3-2-4-6-12/h2-10H,1H3. The number of aromatic nitrogens is 3. The van der Waals surface area contributed by atoms with Crippen LogP contribution in [0.4, 0.5) is 0 Å². The number of hydrogen-bond acceptors (Lipinski definition) is 3. The zero-order valence-corrected chi connectivity index (χ0v) is 12.6. The van der Waals surface area contributed by atoms with Gasteiger partial charge in [0.2, 0.25) is 0 Å². The van der Waals surface area contributed by atoms with Crippen LogP contribution in [0, 0.1) is 0 Å². The Bertz CT molecular complexity index is 708. The van der Waals surface area contributed by atoms with Crippen LogP contribution in [0.15, 0.2) is 54.6 Å². The van der Waals surface area contributed by atoms with Gasteiger partial charge < -0.3 is 0 Å². The Morgan fingerprint density at radius 2 is 1.70 bits per heavy atom. The third-order valence-electron chi connectivity index (χ3n) is 2.93. The zero-order valence-electron chi connectivity index (χ0n) is 10.9.